The number of allylic oxidation sites excluding steroid dienone is 1. The summed E-state index contributed by atoms with van der Waals surface area (Å²) < 4.78 is 3.97. The third kappa shape index (κ3) is 3.24. The molecule has 0 saturated heterocycles. The molecule has 0 aromatic heterocycles. The van der Waals surface area contributed by atoms with E-state index in [4.69, 9.17) is 10.2 Å². The van der Waals surface area contributed by atoms with Gasteiger partial charge >= 0.3 is 11.9 Å². The summed E-state index contributed by atoms with van der Waals surface area (Å²) in [7, 11) is 0. The molecule has 0 aliphatic heterocycles. The molecular weight excluding hydrogens is 152 g/mol. The van der Waals surface area contributed by atoms with Crippen molar-refractivity contribution in [2.75, 3.05) is 0 Å². The number of ketones is 1. The van der Waals surface area contributed by atoms with Crippen LogP contribution in [-0.4, -0.2) is 22.0 Å². The molecule has 0 atom stereocenters. The SMILES string of the molecule is CC(=O)C(=O)O/C(O)=C(/C)O. The summed E-state index contributed by atoms with van der Waals surface area (Å²) >= 11 is 0. The van der Waals surface area contributed by atoms with Crippen molar-refractivity contribution < 1.29 is 24.5 Å². The monoisotopic (exact) mass is 160 g/mol. The summed E-state index contributed by atoms with van der Waals surface area (Å²) in [6.07, 6.45) is 0. The zero-order valence-electron chi connectivity index (χ0n) is 6.12. The molecule has 5 nitrogen and oxygen atoms in total. The van der Waals surface area contributed by atoms with Gasteiger partial charge in [-0.3, -0.25) is 4.79 Å². The molecule has 0 aliphatic rings. The van der Waals surface area contributed by atoms with Crippen LogP contribution in [0.1, 0.15) is 13.8 Å². The van der Waals surface area contributed by atoms with Crippen LogP contribution in [0.15, 0.2) is 11.7 Å². The Bertz CT molecular complexity index is 211. The van der Waals surface area contributed by atoms with E-state index < -0.39 is 23.5 Å². The average molecular weight is 160 g/mol. The van der Waals surface area contributed by atoms with Crippen molar-refractivity contribution in [3.63, 3.8) is 0 Å². The van der Waals surface area contributed by atoms with Crippen molar-refractivity contribution in [1.82, 2.24) is 0 Å². The number of carbonyl (C=O) groups is 2. The van der Waals surface area contributed by atoms with E-state index in [-0.39, 0.29) is 0 Å². The van der Waals surface area contributed by atoms with Gasteiger partial charge in [0.05, 0.1) is 0 Å². The van der Waals surface area contributed by atoms with Crippen molar-refractivity contribution in [3.8, 4) is 0 Å². The fraction of sp³-hybridized carbons (Fsp3) is 0.333. The number of esters is 1. The van der Waals surface area contributed by atoms with E-state index in [1.807, 2.05) is 0 Å². The first kappa shape index (κ1) is 9.48. The molecule has 0 fully saturated rings. The fourth-order valence-corrected chi connectivity index (χ4v) is 0.234. The van der Waals surface area contributed by atoms with Crippen LogP contribution in [-0.2, 0) is 14.3 Å². The second-order valence-corrected chi connectivity index (χ2v) is 1.84. The maximum absolute atomic E-state index is 10.4. The molecule has 0 aliphatic carbocycles. The predicted molar refractivity (Wildman–Crippen MR) is 34.7 cm³/mol. The minimum atomic E-state index is -1.21. The average Bonchev–Trinajstić information content (AvgIpc) is 1.87. The van der Waals surface area contributed by atoms with Crippen molar-refractivity contribution in [2.45, 2.75) is 13.8 Å². The summed E-state index contributed by atoms with van der Waals surface area (Å²) in [6, 6.07) is 0. The highest BCUT2D eigenvalue weighted by molar-refractivity contribution is 6.32. The number of Topliss-reactive ketones (excluding diaryl/α,β-unsaturated/α-hetero) is 1. The van der Waals surface area contributed by atoms with E-state index in [1.165, 1.54) is 0 Å². The number of aliphatic hydroxyl groups is 2. The molecule has 11 heavy (non-hydrogen) atoms. The Kier molecular flexibility index (Phi) is 3.10. The fourth-order valence-electron chi connectivity index (χ4n) is 0.234. The Balaban J connectivity index is 4.18. The van der Waals surface area contributed by atoms with Gasteiger partial charge < -0.3 is 14.9 Å². The van der Waals surface area contributed by atoms with Crippen LogP contribution in [0.5, 0.6) is 0 Å². The smallest absolute Gasteiger partial charge is 0.382 e. The molecule has 0 aromatic carbocycles. The third-order valence-corrected chi connectivity index (χ3v) is 0.786. The van der Waals surface area contributed by atoms with Crippen LogP contribution < -0.4 is 0 Å². The summed E-state index contributed by atoms with van der Waals surface area (Å²) in [5.41, 5.74) is 0. The van der Waals surface area contributed by atoms with Gasteiger partial charge in [0, 0.05) is 13.8 Å². The van der Waals surface area contributed by atoms with Crippen LogP contribution in [0, 0.1) is 0 Å². The molecule has 0 radical (unpaired) electrons. The molecule has 0 unspecified atom stereocenters. The second kappa shape index (κ2) is 3.60. The standard InChI is InChI=1S/C6H8O5/c1-3(7)5(9)11-6(10)4(2)8/h7,9H,1-2H3/b5-3-. The van der Waals surface area contributed by atoms with Crippen LogP contribution in [0.4, 0.5) is 0 Å². The van der Waals surface area contributed by atoms with Gasteiger partial charge in [-0.1, -0.05) is 0 Å². The van der Waals surface area contributed by atoms with Crippen LogP contribution in [0.25, 0.3) is 0 Å². The Morgan fingerprint density at radius 3 is 1.91 bits per heavy atom. The van der Waals surface area contributed by atoms with Crippen molar-refractivity contribution in [2.24, 2.45) is 0 Å². The number of rotatable bonds is 2. The lowest BCUT2D eigenvalue weighted by Crippen LogP contribution is -2.13. The topological polar surface area (TPSA) is 83.8 Å². The van der Waals surface area contributed by atoms with Crippen molar-refractivity contribution >= 4 is 11.8 Å². The Hall–Kier alpha value is -1.52. The molecule has 2 N–H and O–H groups in total. The Morgan fingerprint density at radius 2 is 1.64 bits per heavy atom. The predicted octanol–water partition coefficient (Wildman–Crippen LogP) is 0.424. The molecule has 0 aromatic rings. The van der Waals surface area contributed by atoms with Crippen LogP contribution in [0.2, 0.25) is 0 Å². The molecule has 0 spiro atoms. The largest absolute Gasteiger partial charge is 0.506 e. The first-order valence-electron chi connectivity index (χ1n) is 2.76. The second-order valence-electron chi connectivity index (χ2n) is 1.84. The lowest BCUT2D eigenvalue weighted by atomic mass is 10.5. The highest BCUT2D eigenvalue weighted by Gasteiger charge is 2.12. The molecular formula is C6H8O5. The maximum Gasteiger partial charge on any atom is 0.382 e. The first-order chi connectivity index (χ1) is 4.95. The summed E-state index contributed by atoms with van der Waals surface area (Å²) in [5, 5.41) is 17.1. The van der Waals surface area contributed by atoms with E-state index in [1.54, 1.807) is 0 Å². The zero-order chi connectivity index (χ0) is 9.02. The van der Waals surface area contributed by atoms with E-state index in [0.717, 1.165) is 13.8 Å². The highest BCUT2D eigenvalue weighted by Crippen LogP contribution is 1.98. The van der Waals surface area contributed by atoms with Crippen LogP contribution in [0.3, 0.4) is 0 Å². The lowest BCUT2D eigenvalue weighted by Gasteiger charge is -1.99. The van der Waals surface area contributed by atoms with Crippen molar-refractivity contribution in [3.05, 3.63) is 11.7 Å². The summed E-state index contributed by atoms with van der Waals surface area (Å²) in [5.74, 6) is -3.57. The van der Waals surface area contributed by atoms with Gasteiger partial charge in [0.2, 0.25) is 5.78 Å². The molecule has 0 amide bonds. The highest BCUT2D eigenvalue weighted by atomic mass is 16.6. The molecule has 0 bridgehead atoms. The molecule has 0 rings (SSSR count). The first-order valence-corrected chi connectivity index (χ1v) is 2.76. The van der Waals surface area contributed by atoms with E-state index in [2.05, 4.69) is 4.74 Å². The summed E-state index contributed by atoms with van der Waals surface area (Å²) in [6.45, 7) is 2.10. The van der Waals surface area contributed by atoms with Gasteiger partial charge in [0.25, 0.3) is 0 Å². The van der Waals surface area contributed by atoms with Gasteiger partial charge in [0.1, 0.15) is 0 Å². The Labute approximate surface area is 62.9 Å². The van der Waals surface area contributed by atoms with E-state index in [9.17, 15) is 9.59 Å². The number of hydrogen-bond acceptors (Lipinski definition) is 5. The molecule has 62 valence electrons. The van der Waals surface area contributed by atoms with E-state index >= 15 is 0 Å². The Morgan fingerprint density at radius 1 is 1.18 bits per heavy atom. The lowest BCUT2D eigenvalue weighted by molar-refractivity contribution is -0.153. The molecule has 5 heteroatoms. The van der Waals surface area contributed by atoms with Crippen molar-refractivity contribution in [1.29, 1.82) is 0 Å². The number of ether oxygens (including phenoxy) is 1. The molecule has 0 heterocycles. The van der Waals surface area contributed by atoms with E-state index in [0.29, 0.717) is 0 Å². The minimum Gasteiger partial charge on any atom is -0.506 e. The molecule has 0 saturated carbocycles. The van der Waals surface area contributed by atoms with Gasteiger partial charge in [-0.2, -0.15) is 0 Å². The third-order valence-electron chi connectivity index (χ3n) is 0.786. The number of aliphatic hydroxyl groups excluding tert-OH is 2. The zero-order valence-corrected chi connectivity index (χ0v) is 6.12. The van der Waals surface area contributed by atoms with Crippen LogP contribution >= 0.6 is 0 Å². The van der Waals surface area contributed by atoms with Gasteiger partial charge in [0.15, 0.2) is 5.76 Å². The van der Waals surface area contributed by atoms with Gasteiger partial charge in [-0.25, -0.2) is 4.79 Å². The van der Waals surface area contributed by atoms with Gasteiger partial charge in [-0.15, -0.1) is 0 Å². The maximum atomic E-state index is 10.4. The van der Waals surface area contributed by atoms with Gasteiger partial charge in [-0.05, 0) is 0 Å². The number of hydrogen-bond donors (Lipinski definition) is 2. The summed E-state index contributed by atoms with van der Waals surface area (Å²) in [4.78, 5) is 20.6. The minimum absolute atomic E-state index is 0.556. The quantitative estimate of drug-likeness (QED) is 0.347. The normalized spacial score (nSPS) is 11.8. The number of carbonyl (C=O) groups excluding carboxylic acids is 2.